The Bertz CT molecular complexity index is 1490. The highest BCUT2D eigenvalue weighted by atomic mass is 32.2. The summed E-state index contributed by atoms with van der Waals surface area (Å²) in [6, 6.07) is 6.20. The quantitative estimate of drug-likeness (QED) is 0.437. The SMILES string of the molecule is Cc1nc2c(ccc3nc(NC(=O)C4CCN(S(=O)(=O)c5cc(F)ccc5F)CC4)sc32)s1. The lowest BCUT2D eigenvalue weighted by atomic mass is 9.97. The van der Waals surface area contributed by atoms with E-state index in [4.69, 9.17) is 0 Å². The molecule has 1 aliphatic rings. The molecule has 0 spiro atoms. The van der Waals surface area contributed by atoms with Crippen LogP contribution in [0.1, 0.15) is 17.8 Å². The maximum absolute atomic E-state index is 14.0. The first-order valence-corrected chi connectivity index (χ1v) is 13.2. The van der Waals surface area contributed by atoms with Gasteiger partial charge in [0.1, 0.15) is 22.0 Å². The van der Waals surface area contributed by atoms with E-state index < -0.39 is 32.5 Å². The average Bonchev–Trinajstić information content (AvgIpc) is 3.37. The number of aromatic nitrogens is 2. The number of aryl methyl sites for hydroxylation is 1. The predicted molar refractivity (Wildman–Crippen MR) is 124 cm³/mol. The number of nitrogens with one attached hydrogen (secondary N) is 1. The first kappa shape index (κ1) is 22.3. The summed E-state index contributed by atoms with van der Waals surface area (Å²) in [6.45, 7) is 2.01. The van der Waals surface area contributed by atoms with Crippen LogP contribution in [0, 0.1) is 24.5 Å². The summed E-state index contributed by atoms with van der Waals surface area (Å²) >= 11 is 2.95. The molecule has 2 aromatic heterocycles. The third-order valence-electron chi connectivity index (χ3n) is 5.59. The summed E-state index contributed by atoms with van der Waals surface area (Å²) in [5, 5.41) is 4.26. The second kappa shape index (κ2) is 8.35. The van der Waals surface area contributed by atoms with E-state index in [2.05, 4.69) is 15.3 Å². The Kier molecular flexibility index (Phi) is 5.63. The molecule has 1 saturated heterocycles. The normalized spacial score (nSPS) is 16.0. The molecule has 1 amide bonds. The Hall–Kier alpha value is -2.54. The molecule has 1 aliphatic heterocycles. The lowest BCUT2D eigenvalue weighted by molar-refractivity contribution is -0.120. The van der Waals surface area contributed by atoms with E-state index in [9.17, 15) is 22.0 Å². The van der Waals surface area contributed by atoms with E-state index in [1.165, 1.54) is 11.3 Å². The minimum atomic E-state index is -4.19. The number of carbonyl (C=O) groups is 1. The molecule has 0 aliphatic carbocycles. The van der Waals surface area contributed by atoms with Crippen molar-refractivity contribution in [1.29, 1.82) is 0 Å². The van der Waals surface area contributed by atoms with Gasteiger partial charge in [0, 0.05) is 19.0 Å². The molecule has 33 heavy (non-hydrogen) atoms. The molecule has 0 bridgehead atoms. The molecule has 2 aromatic carbocycles. The number of hydrogen-bond donors (Lipinski definition) is 1. The predicted octanol–water partition coefficient (Wildman–Crippen LogP) is 4.53. The van der Waals surface area contributed by atoms with Crippen LogP contribution in [0.4, 0.5) is 13.9 Å². The Labute approximate surface area is 196 Å². The number of nitrogens with zero attached hydrogens (tertiary/aromatic N) is 3. The minimum Gasteiger partial charge on any atom is -0.302 e. The van der Waals surface area contributed by atoms with Gasteiger partial charge in [-0.1, -0.05) is 11.3 Å². The van der Waals surface area contributed by atoms with Crippen molar-refractivity contribution in [2.24, 2.45) is 5.92 Å². The molecular formula is C21H18F2N4O3S3. The largest absolute Gasteiger partial charge is 0.302 e. The zero-order chi connectivity index (χ0) is 23.3. The van der Waals surface area contributed by atoms with Crippen molar-refractivity contribution in [3.8, 4) is 0 Å². The van der Waals surface area contributed by atoms with Gasteiger partial charge in [-0.25, -0.2) is 27.2 Å². The van der Waals surface area contributed by atoms with Crippen LogP contribution < -0.4 is 5.32 Å². The molecule has 0 unspecified atom stereocenters. The second-order valence-electron chi connectivity index (χ2n) is 7.75. The average molecular weight is 509 g/mol. The molecule has 0 atom stereocenters. The van der Waals surface area contributed by atoms with Crippen molar-refractivity contribution in [2.75, 3.05) is 18.4 Å². The summed E-state index contributed by atoms with van der Waals surface area (Å²) in [5.74, 6) is -2.49. The van der Waals surface area contributed by atoms with Gasteiger partial charge in [0.05, 0.1) is 19.9 Å². The highest BCUT2D eigenvalue weighted by molar-refractivity contribution is 7.89. The van der Waals surface area contributed by atoms with Gasteiger partial charge in [0.2, 0.25) is 15.9 Å². The molecule has 7 nitrogen and oxygen atoms in total. The second-order valence-corrected chi connectivity index (χ2v) is 11.9. The summed E-state index contributed by atoms with van der Waals surface area (Å²) in [4.78, 5) is 21.2. The number of rotatable bonds is 4. The van der Waals surface area contributed by atoms with E-state index in [1.54, 1.807) is 11.3 Å². The number of fused-ring (bicyclic) bond motifs is 3. The van der Waals surface area contributed by atoms with Gasteiger partial charge in [-0.3, -0.25) is 4.79 Å². The number of benzene rings is 2. The Balaban J connectivity index is 1.28. The van der Waals surface area contributed by atoms with Crippen molar-refractivity contribution < 1.29 is 22.0 Å². The molecule has 0 radical (unpaired) electrons. The molecule has 0 saturated carbocycles. The van der Waals surface area contributed by atoms with Gasteiger partial charge in [-0.2, -0.15) is 4.31 Å². The fraction of sp³-hybridized carbons (Fsp3) is 0.286. The first-order valence-electron chi connectivity index (χ1n) is 10.1. The number of thiazole rings is 2. The molecule has 4 aromatic rings. The van der Waals surface area contributed by atoms with Crippen molar-refractivity contribution >= 4 is 64.2 Å². The minimum absolute atomic E-state index is 0.0366. The van der Waals surface area contributed by atoms with Gasteiger partial charge >= 0.3 is 0 Å². The Morgan fingerprint density at radius 3 is 2.64 bits per heavy atom. The fourth-order valence-electron chi connectivity index (χ4n) is 3.92. The number of piperidine rings is 1. The topological polar surface area (TPSA) is 92.3 Å². The van der Waals surface area contributed by atoms with Crippen LogP contribution in [-0.4, -0.2) is 41.7 Å². The molecule has 1 N–H and O–H groups in total. The van der Waals surface area contributed by atoms with Crippen LogP contribution >= 0.6 is 22.7 Å². The van der Waals surface area contributed by atoms with E-state index in [0.717, 1.165) is 41.9 Å². The van der Waals surface area contributed by atoms with E-state index in [-0.39, 0.29) is 31.8 Å². The third-order valence-corrected chi connectivity index (χ3v) is 9.43. The van der Waals surface area contributed by atoms with Crippen LogP contribution in [0.2, 0.25) is 0 Å². The number of anilines is 1. The highest BCUT2D eigenvalue weighted by Gasteiger charge is 2.34. The van der Waals surface area contributed by atoms with Gasteiger partial charge in [0.15, 0.2) is 5.13 Å². The molecule has 3 heterocycles. The van der Waals surface area contributed by atoms with Crippen molar-refractivity contribution in [1.82, 2.24) is 14.3 Å². The monoisotopic (exact) mass is 508 g/mol. The maximum atomic E-state index is 14.0. The number of carbonyl (C=O) groups excluding carboxylic acids is 1. The Morgan fingerprint density at radius 1 is 1.12 bits per heavy atom. The molecule has 172 valence electrons. The van der Waals surface area contributed by atoms with Crippen LogP contribution in [-0.2, 0) is 14.8 Å². The zero-order valence-corrected chi connectivity index (χ0v) is 19.8. The van der Waals surface area contributed by atoms with Crippen molar-refractivity contribution in [2.45, 2.75) is 24.7 Å². The summed E-state index contributed by atoms with van der Waals surface area (Å²) in [7, 11) is -4.19. The fourth-order valence-corrected chi connectivity index (χ4v) is 7.33. The number of amides is 1. The number of halogens is 2. The molecular weight excluding hydrogens is 490 g/mol. The summed E-state index contributed by atoms with van der Waals surface area (Å²) < 4.78 is 56.0. The van der Waals surface area contributed by atoms with Gasteiger partial charge < -0.3 is 5.32 Å². The third kappa shape index (κ3) is 4.12. The van der Waals surface area contributed by atoms with E-state index in [0.29, 0.717) is 11.2 Å². The van der Waals surface area contributed by atoms with Crippen LogP contribution in [0.5, 0.6) is 0 Å². The van der Waals surface area contributed by atoms with E-state index in [1.807, 2.05) is 19.1 Å². The zero-order valence-electron chi connectivity index (χ0n) is 17.3. The van der Waals surface area contributed by atoms with Crippen molar-refractivity contribution in [3.05, 3.63) is 47.0 Å². The smallest absolute Gasteiger partial charge is 0.246 e. The van der Waals surface area contributed by atoms with Crippen LogP contribution in [0.25, 0.3) is 20.4 Å². The first-order chi connectivity index (χ1) is 15.7. The molecule has 5 rings (SSSR count). The highest BCUT2D eigenvalue weighted by Crippen LogP contribution is 2.35. The lowest BCUT2D eigenvalue weighted by Crippen LogP contribution is -2.41. The summed E-state index contributed by atoms with van der Waals surface area (Å²) in [5.41, 5.74) is 1.63. The lowest BCUT2D eigenvalue weighted by Gasteiger charge is -2.30. The standard InChI is InChI=1S/C21H18F2N4O3S3/c1-11-24-18-16(31-11)5-4-15-19(18)32-21(25-15)26-20(28)12-6-8-27(9-7-12)33(29,30)17-10-13(22)2-3-14(17)23/h2-5,10,12H,6-9H2,1H3,(H,25,26,28). The Morgan fingerprint density at radius 2 is 1.88 bits per heavy atom. The summed E-state index contributed by atoms with van der Waals surface area (Å²) in [6.07, 6.45) is 0.533. The molecule has 12 heteroatoms. The van der Waals surface area contributed by atoms with Crippen molar-refractivity contribution in [3.63, 3.8) is 0 Å². The number of sulfonamides is 1. The van der Waals surface area contributed by atoms with Gasteiger partial charge in [0.25, 0.3) is 0 Å². The van der Waals surface area contributed by atoms with Gasteiger partial charge in [-0.15, -0.1) is 11.3 Å². The number of hydrogen-bond acceptors (Lipinski definition) is 7. The maximum Gasteiger partial charge on any atom is 0.246 e. The van der Waals surface area contributed by atoms with Crippen LogP contribution in [0.3, 0.4) is 0 Å². The molecule has 1 fully saturated rings. The van der Waals surface area contributed by atoms with Gasteiger partial charge in [-0.05, 0) is 50.1 Å². The van der Waals surface area contributed by atoms with Crippen LogP contribution in [0.15, 0.2) is 35.2 Å². The van der Waals surface area contributed by atoms with E-state index >= 15 is 0 Å².